The number of benzene rings is 2. The van der Waals surface area contributed by atoms with Gasteiger partial charge >= 0.3 is 6.03 Å². The fraction of sp³-hybridized carbons (Fsp3) is 0.485. The van der Waals surface area contributed by atoms with Crippen LogP contribution in [-0.2, 0) is 9.53 Å². The average Bonchev–Trinajstić information content (AvgIpc) is 3.43. The van der Waals surface area contributed by atoms with Crippen LogP contribution >= 0.6 is 11.8 Å². The van der Waals surface area contributed by atoms with Gasteiger partial charge in [0.15, 0.2) is 11.5 Å². The van der Waals surface area contributed by atoms with E-state index < -0.39 is 6.03 Å². The van der Waals surface area contributed by atoms with Crippen molar-refractivity contribution in [1.29, 1.82) is 0 Å². The van der Waals surface area contributed by atoms with Crippen LogP contribution in [0.5, 0.6) is 23.0 Å². The Hall–Kier alpha value is -3.74. The smallest absolute Gasteiger partial charge is 0.338 e. The number of anilines is 1. The van der Waals surface area contributed by atoms with Crippen LogP contribution in [0.25, 0.3) is 10.9 Å². The molecule has 1 saturated carbocycles. The van der Waals surface area contributed by atoms with E-state index in [9.17, 15) is 9.59 Å². The van der Waals surface area contributed by atoms with Crippen LogP contribution in [0, 0.1) is 5.92 Å². The molecule has 2 aromatic carbocycles. The first kappa shape index (κ1) is 31.3. The molecule has 0 bridgehead atoms. The van der Waals surface area contributed by atoms with Gasteiger partial charge in [-0.25, -0.2) is 15.2 Å². The zero-order valence-corrected chi connectivity index (χ0v) is 26.5. The number of hydrogen-bond acceptors (Lipinski definition) is 9. The predicted molar refractivity (Wildman–Crippen MR) is 174 cm³/mol. The monoisotopic (exact) mass is 635 g/mol. The Balaban J connectivity index is 1.05. The highest BCUT2D eigenvalue weighted by Gasteiger charge is 2.38. The lowest BCUT2D eigenvalue weighted by Gasteiger charge is -2.32. The lowest BCUT2D eigenvalue weighted by molar-refractivity contribution is -0.131. The van der Waals surface area contributed by atoms with E-state index in [0.29, 0.717) is 47.0 Å². The summed E-state index contributed by atoms with van der Waals surface area (Å²) >= 11 is 1.62. The molecule has 3 heterocycles. The van der Waals surface area contributed by atoms with Crippen LogP contribution in [0.3, 0.4) is 0 Å². The molecule has 1 unspecified atom stereocenters. The molecule has 2 saturated heterocycles. The van der Waals surface area contributed by atoms with Crippen LogP contribution < -0.4 is 25.0 Å². The third kappa shape index (κ3) is 7.92. The van der Waals surface area contributed by atoms with E-state index >= 15 is 0 Å². The molecule has 0 spiro atoms. The zero-order chi connectivity index (χ0) is 31.0. The second-order valence-corrected chi connectivity index (χ2v) is 12.6. The minimum atomic E-state index is -0.438. The van der Waals surface area contributed by atoms with Gasteiger partial charge in [-0.05, 0) is 61.6 Å². The molecule has 2 aliphatic heterocycles. The maximum atomic E-state index is 12.8. The molecule has 0 radical (unpaired) electrons. The number of ether oxygens (including phenoxy) is 4. The zero-order valence-electron chi connectivity index (χ0n) is 25.7. The summed E-state index contributed by atoms with van der Waals surface area (Å²) in [6, 6.07) is 12.2. The number of thioether (sulfide) groups is 1. The molecule has 3 aromatic rings. The lowest BCUT2D eigenvalue weighted by Crippen LogP contribution is -2.51. The number of hydrogen-bond donors (Lipinski definition) is 2. The summed E-state index contributed by atoms with van der Waals surface area (Å²) in [4.78, 5) is 32.3. The van der Waals surface area contributed by atoms with Crippen LogP contribution in [0.15, 0.2) is 48.7 Å². The summed E-state index contributed by atoms with van der Waals surface area (Å²) in [5, 5.41) is 5.15. The number of carbonyl (C=O) groups is 2. The van der Waals surface area contributed by atoms with Crippen LogP contribution in [0.2, 0.25) is 0 Å². The molecule has 1 aromatic heterocycles. The quantitative estimate of drug-likeness (QED) is 0.258. The number of carbonyl (C=O) groups excluding carboxylic acids is 2. The van der Waals surface area contributed by atoms with Crippen LogP contribution in [-0.4, -0.2) is 84.5 Å². The fourth-order valence-electron chi connectivity index (χ4n) is 6.12. The number of nitrogens with one attached hydrogen (secondary N) is 2. The third-order valence-corrected chi connectivity index (χ3v) is 9.83. The Labute approximate surface area is 267 Å². The molecule has 1 atom stereocenters. The van der Waals surface area contributed by atoms with E-state index in [0.717, 1.165) is 63.0 Å². The summed E-state index contributed by atoms with van der Waals surface area (Å²) in [7, 11) is 1.62. The summed E-state index contributed by atoms with van der Waals surface area (Å²) in [5.74, 6) is 3.22. The van der Waals surface area contributed by atoms with Crippen molar-refractivity contribution in [3.63, 3.8) is 0 Å². The Bertz CT molecular complexity index is 1460. The van der Waals surface area contributed by atoms with Crippen molar-refractivity contribution in [2.24, 2.45) is 5.92 Å². The molecule has 45 heavy (non-hydrogen) atoms. The number of rotatable bonds is 11. The van der Waals surface area contributed by atoms with Crippen LogP contribution in [0.4, 0.5) is 10.5 Å². The van der Waals surface area contributed by atoms with Crippen molar-refractivity contribution >= 4 is 40.3 Å². The largest absolute Gasteiger partial charge is 0.493 e. The van der Waals surface area contributed by atoms with Gasteiger partial charge in [0, 0.05) is 43.0 Å². The minimum absolute atomic E-state index is 0.00358. The lowest BCUT2D eigenvalue weighted by atomic mass is 9.89. The number of pyridine rings is 1. The van der Waals surface area contributed by atoms with Gasteiger partial charge in [-0.15, -0.1) is 11.8 Å². The molecular formula is C33H41N5O6S. The molecule has 12 heteroatoms. The molecule has 3 aliphatic rings. The number of nitrogens with zero attached hydrogens (tertiary/aromatic N) is 3. The summed E-state index contributed by atoms with van der Waals surface area (Å²) in [5.41, 5.74) is 4.11. The van der Waals surface area contributed by atoms with E-state index in [1.165, 1.54) is 24.3 Å². The van der Waals surface area contributed by atoms with Crippen molar-refractivity contribution in [3.05, 3.63) is 48.7 Å². The van der Waals surface area contributed by atoms with E-state index in [-0.39, 0.29) is 11.3 Å². The van der Waals surface area contributed by atoms with Gasteiger partial charge in [0.2, 0.25) is 0 Å². The summed E-state index contributed by atoms with van der Waals surface area (Å²) in [6.07, 6.45) is 8.39. The topological polar surface area (TPSA) is 114 Å². The maximum Gasteiger partial charge on any atom is 0.338 e. The Kier molecular flexibility index (Phi) is 10.4. The van der Waals surface area contributed by atoms with Gasteiger partial charge in [-0.1, -0.05) is 19.3 Å². The van der Waals surface area contributed by atoms with E-state index in [1.54, 1.807) is 55.4 Å². The second kappa shape index (κ2) is 15.0. The predicted octanol–water partition coefficient (Wildman–Crippen LogP) is 5.66. The van der Waals surface area contributed by atoms with Crippen molar-refractivity contribution in [1.82, 2.24) is 20.3 Å². The van der Waals surface area contributed by atoms with Crippen molar-refractivity contribution in [3.8, 4) is 23.0 Å². The summed E-state index contributed by atoms with van der Waals surface area (Å²) in [6.45, 7) is 5.03. The number of morpholine rings is 1. The van der Waals surface area contributed by atoms with Crippen LogP contribution in [0.1, 0.15) is 38.5 Å². The number of hydrazine groups is 1. The fourth-order valence-corrected chi connectivity index (χ4v) is 7.44. The highest BCUT2D eigenvalue weighted by molar-refractivity contribution is 8.01. The molecule has 3 fully saturated rings. The van der Waals surface area contributed by atoms with Gasteiger partial charge in [0.1, 0.15) is 16.9 Å². The van der Waals surface area contributed by atoms with Crippen molar-refractivity contribution in [2.45, 2.75) is 43.9 Å². The van der Waals surface area contributed by atoms with Gasteiger partial charge in [-0.2, -0.15) is 0 Å². The third-order valence-electron chi connectivity index (χ3n) is 8.48. The SMILES string of the molecule is COc1cc2c(Oc3ccc(NC(=O)NN4C(=O)CSC4C4CCCCC4)cc3)ccnc2cc1OCCCN1CCOCC1. The maximum absolute atomic E-state index is 12.8. The first-order valence-corrected chi connectivity index (χ1v) is 16.8. The van der Waals surface area contributed by atoms with E-state index in [1.807, 2.05) is 12.1 Å². The van der Waals surface area contributed by atoms with E-state index in [4.69, 9.17) is 18.9 Å². The molecule has 1 aliphatic carbocycles. The average molecular weight is 636 g/mol. The number of methoxy groups -OCH3 is 1. The molecule has 2 N–H and O–H groups in total. The summed E-state index contributed by atoms with van der Waals surface area (Å²) < 4.78 is 23.4. The van der Waals surface area contributed by atoms with Crippen molar-refractivity contribution in [2.75, 3.05) is 57.6 Å². The van der Waals surface area contributed by atoms with Gasteiger partial charge in [-0.3, -0.25) is 14.7 Å². The number of aromatic nitrogens is 1. The Morgan fingerprint density at radius 3 is 2.62 bits per heavy atom. The number of fused-ring (bicyclic) bond motifs is 1. The van der Waals surface area contributed by atoms with Gasteiger partial charge < -0.3 is 24.3 Å². The molecule has 240 valence electrons. The van der Waals surface area contributed by atoms with Gasteiger partial charge in [0.05, 0.1) is 38.2 Å². The Morgan fingerprint density at radius 2 is 1.84 bits per heavy atom. The first-order valence-electron chi connectivity index (χ1n) is 15.8. The highest BCUT2D eigenvalue weighted by atomic mass is 32.2. The van der Waals surface area contributed by atoms with E-state index in [2.05, 4.69) is 20.6 Å². The van der Waals surface area contributed by atoms with Crippen molar-refractivity contribution < 1.29 is 28.5 Å². The highest BCUT2D eigenvalue weighted by Crippen LogP contribution is 2.39. The minimum Gasteiger partial charge on any atom is -0.493 e. The normalized spacial score (nSPS) is 19.4. The molecule has 11 nitrogen and oxygen atoms in total. The van der Waals surface area contributed by atoms with Gasteiger partial charge in [0.25, 0.3) is 5.91 Å². The molecular weight excluding hydrogens is 594 g/mol. The first-order chi connectivity index (χ1) is 22.1. The molecule has 3 amide bonds. The Morgan fingerprint density at radius 1 is 1.04 bits per heavy atom. The number of amides is 3. The number of urea groups is 1. The standard InChI is InChI=1S/C33H41N5O6S/c1-41-29-20-26-27(21-30(29)43-17-5-14-37-15-18-42-19-16-37)34-13-12-28(26)44-25-10-8-24(9-11-25)35-33(40)36-38-31(39)22-45-32(38)23-6-3-2-4-7-23/h8-13,20-21,23,32H,2-7,14-19,22H2,1H3,(H2,35,36,40). The molecule has 6 rings (SSSR count). The second-order valence-electron chi connectivity index (χ2n) is 11.5.